The van der Waals surface area contributed by atoms with Crippen LogP contribution in [0, 0.1) is 13.8 Å². The van der Waals surface area contributed by atoms with Gasteiger partial charge in [-0.25, -0.2) is 4.79 Å². The normalized spacial score (nSPS) is 16.7. The van der Waals surface area contributed by atoms with Crippen LogP contribution in [0.2, 0.25) is 0 Å². The molecule has 1 saturated heterocycles. The second-order valence-corrected chi connectivity index (χ2v) is 8.55. The lowest BCUT2D eigenvalue weighted by atomic mass is 10.0. The van der Waals surface area contributed by atoms with Gasteiger partial charge in [0.05, 0.1) is 17.9 Å². The fourth-order valence-corrected chi connectivity index (χ4v) is 4.92. The van der Waals surface area contributed by atoms with E-state index in [1.165, 1.54) is 19.3 Å². The number of hydrogen-bond acceptors (Lipinski definition) is 4. The fourth-order valence-electron chi connectivity index (χ4n) is 4.92. The van der Waals surface area contributed by atoms with Gasteiger partial charge in [-0.1, -0.05) is 43.7 Å². The average molecular weight is 440 g/mol. The van der Waals surface area contributed by atoms with Crippen molar-refractivity contribution in [2.45, 2.75) is 66.0 Å². The van der Waals surface area contributed by atoms with E-state index in [1.54, 1.807) is 6.92 Å². The van der Waals surface area contributed by atoms with Crippen molar-refractivity contribution >= 4 is 11.9 Å². The van der Waals surface area contributed by atoms with E-state index >= 15 is 0 Å². The summed E-state index contributed by atoms with van der Waals surface area (Å²) in [5.74, 6) is -0.379. The van der Waals surface area contributed by atoms with Crippen LogP contribution < -0.4 is 5.32 Å². The summed E-state index contributed by atoms with van der Waals surface area (Å²) in [6.45, 7) is 11.0. The maximum absolute atomic E-state index is 12.9. The number of aromatic nitrogens is 1. The standard InChI is InChI=1S/C26H37N3O3/c1-5-22-14-10-11-16-28(22)17-15-27-23(30)18-29-20(4)24(26(31)32-6-2)19(3)25(29)21-12-8-7-9-13-21/h7-9,12-13,22H,5-6,10-11,14-18H2,1-4H3,(H,27,30)/t22-/m0/s1. The molecule has 1 N–H and O–H groups in total. The highest BCUT2D eigenvalue weighted by Crippen LogP contribution is 2.31. The maximum atomic E-state index is 12.9. The van der Waals surface area contributed by atoms with Gasteiger partial charge in [0.25, 0.3) is 0 Å². The van der Waals surface area contributed by atoms with Crippen LogP contribution in [0.25, 0.3) is 11.3 Å². The number of amides is 1. The highest BCUT2D eigenvalue weighted by Gasteiger charge is 2.25. The lowest BCUT2D eigenvalue weighted by Gasteiger charge is -2.35. The minimum atomic E-state index is -0.338. The molecule has 1 aromatic heterocycles. The number of piperidine rings is 1. The number of rotatable bonds is 9. The molecule has 174 valence electrons. The molecular weight excluding hydrogens is 402 g/mol. The van der Waals surface area contributed by atoms with Gasteiger partial charge in [-0.3, -0.25) is 9.69 Å². The number of ether oxygens (including phenoxy) is 1. The number of nitrogens with one attached hydrogen (secondary N) is 1. The molecule has 6 nitrogen and oxygen atoms in total. The third-order valence-corrected chi connectivity index (χ3v) is 6.54. The molecule has 1 atom stereocenters. The molecule has 0 aliphatic carbocycles. The number of likely N-dealkylation sites (tertiary alicyclic amines) is 1. The topological polar surface area (TPSA) is 63.6 Å². The molecule has 1 amide bonds. The molecule has 0 spiro atoms. The molecule has 1 fully saturated rings. The molecule has 32 heavy (non-hydrogen) atoms. The van der Waals surface area contributed by atoms with Crippen molar-refractivity contribution in [3.63, 3.8) is 0 Å². The number of hydrogen-bond donors (Lipinski definition) is 1. The van der Waals surface area contributed by atoms with E-state index in [-0.39, 0.29) is 18.4 Å². The molecule has 2 aromatic rings. The van der Waals surface area contributed by atoms with Crippen LogP contribution in [0.15, 0.2) is 30.3 Å². The van der Waals surface area contributed by atoms with Crippen LogP contribution in [0.1, 0.15) is 61.1 Å². The molecule has 0 radical (unpaired) electrons. The summed E-state index contributed by atoms with van der Waals surface area (Å²) in [5.41, 5.74) is 4.03. The van der Waals surface area contributed by atoms with Crippen molar-refractivity contribution in [1.29, 1.82) is 0 Å². The zero-order valence-electron chi connectivity index (χ0n) is 19.9. The minimum Gasteiger partial charge on any atom is -0.462 e. The summed E-state index contributed by atoms with van der Waals surface area (Å²) in [5, 5.41) is 3.09. The van der Waals surface area contributed by atoms with Gasteiger partial charge in [-0.15, -0.1) is 0 Å². The Hall–Kier alpha value is -2.60. The molecule has 0 saturated carbocycles. The van der Waals surface area contributed by atoms with E-state index in [0.29, 0.717) is 24.8 Å². The van der Waals surface area contributed by atoms with E-state index in [4.69, 9.17) is 4.74 Å². The Kier molecular flexibility index (Phi) is 8.51. The molecule has 0 unspecified atom stereocenters. The van der Waals surface area contributed by atoms with Crippen LogP contribution in [0.3, 0.4) is 0 Å². The Bertz CT molecular complexity index is 920. The first-order valence-corrected chi connectivity index (χ1v) is 11.9. The third kappa shape index (κ3) is 5.41. The van der Waals surface area contributed by atoms with Gasteiger partial charge in [-0.2, -0.15) is 0 Å². The van der Waals surface area contributed by atoms with Crippen molar-refractivity contribution in [1.82, 2.24) is 14.8 Å². The zero-order chi connectivity index (χ0) is 23.1. The fraction of sp³-hybridized carbons (Fsp3) is 0.538. The molecule has 3 rings (SSSR count). The minimum absolute atomic E-state index is 0.0410. The van der Waals surface area contributed by atoms with E-state index in [2.05, 4.69) is 17.1 Å². The molecule has 1 aliphatic heterocycles. The Balaban J connectivity index is 1.76. The monoisotopic (exact) mass is 439 g/mol. The highest BCUT2D eigenvalue weighted by molar-refractivity contribution is 5.95. The van der Waals surface area contributed by atoms with Gasteiger partial charge in [-0.05, 0) is 57.7 Å². The molecular formula is C26H37N3O3. The van der Waals surface area contributed by atoms with E-state index in [1.807, 2.05) is 48.7 Å². The van der Waals surface area contributed by atoms with Gasteiger partial charge in [0, 0.05) is 24.8 Å². The predicted octanol–water partition coefficient (Wildman–Crippen LogP) is 4.33. The van der Waals surface area contributed by atoms with E-state index in [0.717, 1.165) is 42.0 Å². The van der Waals surface area contributed by atoms with Crippen LogP contribution in [0.5, 0.6) is 0 Å². The molecule has 1 aliphatic rings. The molecule has 6 heteroatoms. The summed E-state index contributed by atoms with van der Waals surface area (Å²) in [7, 11) is 0. The lowest BCUT2D eigenvalue weighted by molar-refractivity contribution is -0.121. The van der Waals surface area contributed by atoms with Gasteiger partial charge < -0.3 is 14.6 Å². The first-order valence-electron chi connectivity index (χ1n) is 11.9. The number of carbonyl (C=O) groups excluding carboxylic acids is 2. The third-order valence-electron chi connectivity index (χ3n) is 6.54. The zero-order valence-corrected chi connectivity index (χ0v) is 19.9. The van der Waals surface area contributed by atoms with Crippen LogP contribution in [0.4, 0.5) is 0 Å². The van der Waals surface area contributed by atoms with Crippen molar-refractivity contribution in [2.24, 2.45) is 0 Å². The predicted molar refractivity (Wildman–Crippen MR) is 128 cm³/mol. The van der Waals surface area contributed by atoms with Gasteiger partial charge in [0.1, 0.15) is 6.54 Å². The largest absolute Gasteiger partial charge is 0.462 e. The van der Waals surface area contributed by atoms with Crippen molar-refractivity contribution in [2.75, 3.05) is 26.2 Å². The SMILES string of the molecule is CCOC(=O)c1c(C)c(-c2ccccc2)n(CC(=O)NCCN2CCCC[C@@H]2CC)c1C. The Morgan fingerprint density at radius 3 is 2.56 bits per heavy atom. The molecule has 2 heterocycles. The Morgan fingerprint density at radius 1 is 1.12 bits per heavy atom. The van der Waals surface area contributed by atoms with E-state index in [9.17, 15) is 9.59 Å². The van der Waals surface area contributed by atoms with Gasteiger partial charge in [0.15, 0.2) is 0 Å². The quantitative estimate of drug-likeness (QED) is 0.591. The second kappa shape index (κ2) is 11.3. The first kappa shape index (κ1) is 24.1. The van der Waals surface area contributed by atoms with Crippen LogP contribution >= 0.6 is 0 Å². The summed E-state index contributed by atoms with van der Waals surface area (Å²) >= 11 is 0. The number of benzene rings is 1. The number of nitrogens with zero attached hydrogens (tertiary/aromatic N) is 2. The average Bonchev–Trinajstić information content (AvgIpc) is 3.04. The van der Waals surface area contributed by atoms with Gasteiger partial charge >= 0.3 is 5.97 Å². The number of carbonyl (C=O) groups is 2. The second-order valence-electron chi connectivity index (χ2n) is 8.55. The smallest absolute Gasteiger partial charge is 0.340 e. The maximum Gasteiger partial charge on any atom is 0.340 e. The Morgan fingerprint density at radius 2 is 1.88 bits per heavy atom. The molecule has 1 aromatic carbocycles. The van der Waals surface area contributed by atoms with Crippen LogP contribution in [-0.2, 0) is 16.1 Å². The summed E-state index contributed by atoms with van der Waals surface area (Å²) < 4.78 is 7.24. The lowest BCUT2D eigenvalue weighted by Crippen LogP contribution is -2.44. The van der Waals surface area contributed by atoms with E-state index < -0.39 is 0 Å². The number of esters is 1. The summed E-state index contributed by atoms with van der Waals surface area (Å²) in [6, 6.07) is 10.5. The summed E-state index contributed by atoms with van der Waals surface area (Å²) in [4.78, 5) is 28.0. The summed E-state index contributed by atoms with van der Waals surface area (Å²) in [6.07, 6.45) is 4.96. The highest BCUT2D eigenvalue weighted by atomic mass is 16.5. The van der Waals surface area contributed by atoms with Crippen molar-refractivity contribution < 1.29 is 14.3 Å². The Labute approximate surface area is 191 Å². The first-order chi connectivity index (χ1) is 15.5. The van der Waals surface area contributed by atoms with Crippen molar-refractivity contribution in [3.8, 4) is 11.3 Å². The molecule has 0 bridgehead atoms. The van der Waals surface area contributed by atoms with Crippen molar-refractivity contribution in [3.05, 3.63) is 47.2 Å². The van der Waals surface area contributed by atoms with Gasteiger partial charge in [0.2, 0.25) is 5.91 Å². The van der Waals surface area contributed by atoms with Crippen LogP contribution in [-0.4, -0.2) is 53.6 Å².